The Bertz CT molecular complexity index is 314. The number of hydrogen-bond donors (Lipinski definition) is 2. The van der Waals surface area contributed by atoms with Crippen molar-refractivity contribution < 1.29 is 9.59 Å². The van der Waals surface area contributed by atoms with E-state index in [0.717, 1.165) is 32.1 Å². The van der Waals surface area contributed by atoms with Crippen molar-refractivity contribution >= 4 is 11.8 Å². The zero-order valence-corrected chi connectivity index (χ0v) is 12.2. The van der Waals surface area contributed by atoms with Crippen molar-refractivity contribution in [1.82, 2.24) is 10.2 Å². The van der Waals surface area contributed by atoms with Crippen molar-refractivity contribution in [1.29, 1.82) is 0 Å². The first-order valence-electron chi connectivity index (χ1n) is 7.34. The topological polar surface area (TPSA) is 75.4 Å². The van der Waals surface area contributed by atoms with Crippen LogP contribution in [0, 0.1) is 0 Å². The van der Waals surface area contributed by atoms with Gasteiger partial charge in [0.2, 0.25) is 11.8 Å². The molecule has 0 unspecified atom stereocenters. The van der Waals surface area contributed by atoms with Crippen LogP contribution in [0.25, 0.3) is 0 Å². The molecule has 0 bridgehead atoms. The lowest BCUT2D eigenvalue weighted by Crippen LogP contribution is -2.51. The fraction of sp³-hybridized carbons (Fsp3) is 0.857. The van der Waals surface area contributed by atoms with E-state index < -0.39 is 0 Å². The monoisotopic (exact) mass is 269 g/mol. The van der Waals surface area contributed by atoms with E-state index in [9.17, 15) is 9.59 Å². The maximum atomic E-state index is 12.2. The highest BCUT2D eigenvalue weighted by atomic mass is 16.2. The Kier molecular flexibility index (Phi) is 6.28. The Balaban J connectivity index is 2.45. The summed E-state index contributed by atoms with van der Waals surface area (Å²) in [5.41, 5.74) is 5.78. The standard InChI is InChI=1S/C14H27N3O2/c1-3-8-16-12(18)11-17(9-4-2)13(19)10-14(15)6-5-7-14/h3-11,15H2,1-2H3,(H,16,18). The van der Waals surface area contributed by atoms with Gasteiger partial charge in [-0.2, -0.15) is 0 Å². The summed E-state index contributed by atoms with van der Waals surface area (Å²) in [5.74, 6) is -0.0703. The zero-order valence-electron chi connectivity index (χ0n) is 12.2. The molecule has 0 saturated heterocycles. The lowest BCUT2D eigenvalue weighted by Gasteiger charge is -2.38. The quantitative estimate of drug-likeness (QED) is 0.691. The van der Waals surface area contributed by atoms with E-state index in [0.29, 0.717) is 19.5 Å². The predicted octanol–water partition coefficient (Wildman–Crippen LogP) is 1.02. The van der Waals surface area contributed by atoms with Crippen molar-refractivity contribution in [3.63, 3.8) is 0 Å². The molecule has 2 amide bonds. The Morgan fingerprint density at radius 2 is 1.95 bits per heavy atom. The maximum absolute atomic E-state index is 12.2. The van der Waals surface area contributed by atoms with Gasteiger partial charge >= 0.3 is 0 Å². The van der Waals surface area contributed by atoms with Crippen LogP contribution in [0.2, 0.25) is 0 Å². The number of carbonyl (C=O) groups excluding carboxylic acids is 2. The summed E-state index contributed by atoms with van der Waals surface area (Å²) >= 11 is 0. The summed E-state index contributed by atoms with van der Waals surface area (Å²) < 4.78 is 0. The summed E-state index contributed by atoms with van der Waals surface area (Å²) in [5, 5.41) is 2.80. The Labute approximate surface area is 115 Å². The Morgan fingerprint density at radius 3 is 2.42 bits per heavy atom. The van der Waals surface area contributed by atoms with Crippen molar-refractivity contribution in [3.8, 4) is 0 Å². The van der Waals surface area contributed by atoms with E-state index >= 15 is 0 Å². The van der Waals surface area contributed by atoms with Crippen LogP contribution in [0.5, 0.6) is 0 Å². The minimum absolute atomic E-state index is 0.00991. The highest BCUT2D eigenvalue weighted by Gasteiger charge is 2.36. The number of nitrogens with two attached hydrogens (primary N) is 1. The van der Waals surface area contributed by atoms with Gasteiger partial charge in [0.15, 0.2) is 0 Å². The first-order chi connectivity index (χ1) is 9.00. The van der Waals surface area contributed by atoms with Crippen LogP contribution in [0.15, 0.2) is 0 Å². The maximum Gasteiger partial charge on any atom is 0.239 e. The molecule has 0 spiro atoms. The lowest BCUT2D eigenvalue weighted by molar-refractivity contribution is -0.137. The minimum atomic E-state index is -0.316. The molecule has 1 rings (SSSR count). The number of amides is 2. The second-order valence-corrected chi connectivity index (χ2v) is 5.56. The van der Waals surface area contributed by atoms with Gasteiger partial charge in [-0.25, -0.2) is 0 Å². The molecule has 0 aromatic carbocycles. The number of nitrogens with one attached hydrogen (secondary N) is 1. The van der Waals surface area contributed by atoms with Gasteiger partial charge in [-0.1, -0.05) is 13.8 Å². The van der Waals surface area contributed by atoms with E-state index in [2.05, 4.69) is 5.32 Å². The zero-order chi connectivity index (χ0) is 14.3. The number of carbonyl (C=O) groups is 2. The molecule has 19 heavy (non-hydrogen) atoms. The SMILES string of the molecule is CCCNC(=O)CN(CCC)C(=O)CC1(N)CCC1. The molecule has 0 aromatic rings. The Morgan fingerprint density at radius 1 is 1.26 bits per heavy atom. The van der Waals surface area contributed by atoms with Gasteiger partial charge in [0.05, 0.1) is 6.54 Å². The van der Waals surface area contributed by atoms with Crippen LogP contribution in [-0.4, -0.2) is 41.9 Å². The van der Waals surface area contributed by atoms with Crippen LogP contribution in [-0.2, 0) is 9.59 Å². The smallest absolute Gasteiger partial charge is 0.239 e. The first kappa shape index (κ1) is 16.0. The van der Waals surface area contributed by atoms with E-state index in [-0.39, 0.29) is 23.9 Å². The molecule has 1 aliphatic carbocycles. The van der Waals surface area contributed by atoms with Crippen molar-refractivity contribution in [2.75, 3.05) is 19.6 Å². The molecule has 0 aliphatic heterocycles. The van der Waals surface area contributed by atoms with Crippen LogP contribution < -0.4 is 11.1 Å². The Hall–Kier alpha value is -1.10. The molecular weight excluding hydrogens is 242 g/mol. The normalized spacial score (nSPS) is 16.6. The van der Waals surface area contributed by atoms with Gasteiger partial charge in [-0.3, -0.25) is 9.59 Å². The molecule has 1 aliphatic rings. The molecule has 1 saturated carbocycles. The summed E-state index contributed by atoms with van der Waals surface area (Å²) in [6.07, 6.45) is 5.06. The average Bonchev–Trinajstić information content (AvgIpc) is 2.33. The number of rotatable bonds is 8. The third-order valence-corrected chi connectivity index (χ3v) is 3.61. The fourth-order valence-corrected chi connectivity index (χ4v) is 2.28. The lowest BCUT2D eigenvalue weighted by atomic mass is 9.75. The summed E-state index contributed by atoms with van der Waals surface area (Å²) in [7, 11) is 0. The van der Waals surface area contributed by atoms with Gasteiger partial charge < -0.3 is 16.0 Å². The molecule has 1 fully saturated rings. The largest absolute Gasteiger partial charge is 0.355 e. The highest BCUT2D eigenvalue weighted by molar-refractivity contribution is 5.85. The second-order valence-electron chi connectivity index (χ2n) is 5.56. The molecule has 5 heteroatoms. The molecule has 0 aromatic heterocycles. The van der Waals surface area contributed by atoms with Crippen LogP contribution >= 0.6 is 0 Å². The third-order valence-electron chi connectivity index (χ3n) is 3.61. The molecule has 110 valence electrons. The van der Waals surface area contributed by atoms with E-state index in [1.807, 2.05) is 13.8 Å². The number of nitrogens with zero attached hydrogens (tertiary/aromatic N) is 1. The molecule has 0 atom stereocenters. The molecule has 0 radical (unpaired) electrons. The second kappa shape index (κ2) is 7.48. The fourth-order valence-electron chi connectivity index (χ4n) is 2.28. The van der Waals surface area contributed by atoms with E-state index in [1.165, 1.54) is 0 Å². The van der Waals surface area contributed by atoms with Gasteiger partial charge in [0.25, 0.3) is 0 Å². The molecule has 5 nitrogen and oxygen atoms in total. The van der Waals surface area contributed by atoms with Crippen molar-refractivity contribution in [2.24, 2.45) is 5.73 Å². The van der Waals surface area contributed by atoms with Crippen LogP contribution in [0.3, 0.4) is 0 Å². The first-order valence-corrected chi connectivity index (χ1v) is 7.34. The predicted molar refractivity (Wildman–Crippen MR) is 75.6 cm³/mol. The summed E-state index contributed by atoms with van der Waals surface area (Å²) in [4.78, 5) is 25.6. The van der Waals surface area contributed by atoms with Crippen molar-refractivity contribution in [3.05, 3.63) is 0 Å². The van der Waals surface area contributed by atoms with Crippen LogP contribution in [0.1, 0.15) is 52.4 Å². The summed E-state index contributed by atoms with van der Waals surface area (Å²) in [6, 6.07) is 0. The van der Waals surface area contributed by atoms with Gasteiger partial charge in [-0.15, -0.1) is 0 Å². The molecule has 3 N–H and O–H groups in total. The summed E-state index contributed by atoms with van der Waals surface area (Å²) in [6.45, 7) is 5.45. The van der Waals surface area contributed by atoms with Gasteiger partial charge in [0, 0.05) is 25.0 Å². The van der Waals surface area contributed by atoms with Crippen LogP contribution in [0.4, 0.5) is 0 Å². The van der Waals surface area contributed by atoms with E-state index in [1.54, 1.807) is 4.90 Å². The molecular formula is C14H27N3O2. The van der Waals surface area contributed by atoms with E-state index in [4.69, 9.17) is 5.73 Å². The van der Waals surface area contributed by atoms with Crippen molar-refractivity contribution in [2.45, 2.75) is 57.9 Å². The minimum Gasteiger partial charge on any atom is -0.355 e. The molecule has 0 heterocycles. The van der Waals surface area contributed by atoms with Gasteiger partial charge in [-0.05, 0) is 32.1 Å². The van der Waals surface area contributed by atoms with Gasteiger partial charge in [0.1, 0.15) is 0 Å². The third kappa shape index (κ3) is 5.19. The highest BCUT2D eigenvalue weighted by Crippen LogP contribution is 2.32. The average molecular weight is 269 g/mol. The number of hydrogen-bond acceptors (Lipinski definition) is 3.